The van der Waals surface area contributed by atoms with Crippen LogP contribution in [0, 0.1) is 0 Å². The smallest absolute Gasteiger partial charge is 0.333 e. The Balaban J connectivity index is 1.47. The monoisotopic (exact) mass is 906 g/mol. The van der Waals surface area contributed by atoms with Crippen molar-refractivity contribution in [1.29, 1.82) is 0 Å². The van der Waals surface area contributed by atoms with Gasteiger partial charge in [0.1, 0.15) is 6.54 Å². The molecule has 0 fully saturated rings. The van der Waals surface area contributed by atoms with Crippen LogP contribution in [0.15, 0.2) is 94.4 Å². The van der Waals surface area contributed by atoms with Gasteiger partial charge in [0.2, 0.25) is 17.4 Å². The van der Waals surface area contributed by atoms with Crippen molar-refractivity contribution in [2.24, 2.45) is 0 Å². The van der Waals surface area contributed by atoms with Crippen molar-refractivity contribution < 1.29 is 68.1 Å². The summed E-state index contributed by atoms with van der Waals surface area (Å²) in [5, 5.41) is 19.5. The number of carbonyl (C=O) groups is 1. The zero-order chi connectivity index (χ0) is 45.0. The quantitative estimate of drug-likeness (QED) is 0.0409. The molecule has 1 aromatic heterocycles. The molecule has 3 heterocycles. The van der Waals surface area contributed by atoms with Gasteiger partial charge in [0, 0.05) is 79.7 Å². The molecule has 3 aromatic rings. The molecule has 2 aromatic carbocycles. The van der Waals surface area contributed by atoms with Gasteiger partial charge < -0.3 is 24.7 Å². The van der Waals surface area contributed by atoms with Crippen molar-refractivity contribution in [3.63, 3.8) is 0 Å². The number of anilines is 1. The summed E-state index contributed by atoms with van der Waals surface area (Å²) in [5.41, 5.74) is 2.46. The highest BCUT2D eigenvalue weighted by Crippen LogP contribution is 2.51. The fraction of sp³-hybridized carbons (Fsp3) is 0.415. The first-order valence-electron chi connectivity index (χ1n) is 19.5. The summed E-state index contributed by atoms with van der Waals surface area (Å²) in [4.78, 5) is 18.9. The Kier molecular flexibility index (Phi) is 14.4. The summed E-state index contributed by atoms with van der Waals surface area (Å²) in [6.07, 6.45) is 11.5. The highest BCUT2D eigenvalue weighted by atomic mass is 32.2. The van der Waals surface area contributed by atoms with Crippen LogP contribution in [0.3, 0.4) is 0 Å². The maximum Gasteiger partial charge on any atom is 0.333 e. The molecule has 17 nitrogen and oxygen atoms in total. The number of benzene rings is 2. The number of unbranched alkanes of at least 4 members (excludes halogenated alkanes) is 2. The van der Waals surface area contributed by atoms with Crippen LogP contribution < -0.4 is 9.74 Å². The van der Waals surface area contributed by atoms with E-state index < -0.39 is 64.7 Å². The third-order valence-corrected chi connectivity index (χ3v) is 13.7. The molecule has 0 bridgehead atoms. The zero-order valence-corrected chi connectivity index (χ0v) is 36.7. The van der Waals surface area contributed by atoms with E-state index in [1.54, 1.807) is 31.4 Å². The maximum absolute atomic E-state index is 12.4. The fourth-order valence-electron chi connectivity index (χ4n) is 8.12. The van der Waals surface area contributed by atoms with Crippen LogP contribution >= 0.6 is 0 Å². The van der Waals surface area contributed by atoms with Crippen molar-refractivity contribution in [3.8, 4) is 11.8 Å². The second kappa shape index (κ2) is 18.6. The summed E-state index contributed by atoms with van der Waals surface area (Å²) in [6, 6.07) is 11.1. The molecular weight excluding hydrogens is 855 g/mol. The highest BCUT2D eigenvalue weighted by molar-refractivity contribution is 7.86. The molecular formula is C41H52N3O14S3+. The number of allylic oxidation sites excluding steroid dienone is 6. The number of methoxy groups -OCH3 is 1. The standard InChI is InChI=1S/C41H51N3O14S3/c1-5-42-33-18-16-29(60(51,52)53)27-31(33)40(2,22-12-26-59(48,49)50)35(42)13-8-6-9-14-36-41(3,23-25-57-4)32-28-30(61(54,55)56)17-19-34(32)43(36)24-11-7-10-15-39(47)58-44-37(45)20-21-38(44)46/h6,8-9,13-14,16-21,27-28H,5,7,10-12,15,22-26H2,1-4H3,(H4-,45,46,48,49,50,51,52,53,54,55,56)/p+1. The van der Waals surface area contributed by atoms with Crippen LogP contribution in [0.4, 0.5) is 11.4 Å². The van der Waals surface area contributed by atoms with E-state index in [0.29, 0.717) is 66.9 Å². The van der Waals surface area contributed by atoms with Gasteiger partial charge in [0.15, 0.2) is 5.71 Å². The second-order valence-corrected chi connectivity index (χ2v) is 19.7. The molecule has 20 heteroatoms. The van der Waals surface area contributed by atoms with Crippen LogP contribution in [-0.4, -0.2) is 103 Å². The van der Waals surface area contributed by atoms with Gasteiger partial charge in [0.05, 0.1) is 21.0 Å². The van der Waals surface area contributed by atoms with Gasteiger partial charge in [0.25, 0.3) is 30.4 Å². The predicted molar refractivity (Wildman–Crippen MR) is 226 cm³/mol. The van der Waals surface area contributed by atoms with Gasteiger partial charge in [-0.25, -0.2) is 4.79 Å². The Hall–Kier alpha value is -4.83. The number of ether oxygens (including phenoxy) is 1. The number of rotatable bonds is 20. The topological polar surface area (TPSA) is 250 Å². The van der Waals surface area contributed by atoms with Crippen LogP contribution in [0.25, 0.3) is 0 Å². The molecule has 0 aliphatic carbocycles. The van der Waals surface area contributed by atoms with Gasteiger partial charge >= 0.3 is 5.97 Å². The molecule has 0 saturated carbocycles. The van der Waals surface area contributed by atoms with Crippen molar-refractivity contribution in [2.75, 3.05) is 37.5 Å². The molecule has 0 amide bonds. The maximum atomic E-state index is 12.4. The summed E-state index contributed by atoms with van der Waals surface area (Å²) < 4.78 is 110. The SMILES string of the molecule is CCN1C(=CC=CC=CC2=[N+](CCCCCC(=O)On3c(O)ccc3O)c3ccc(S(=O)(=O)O)cc3C2(C)CCOC)C(C)(CCCS(=O)(=O)O)c2cc(S(=O)(=O)O)ccc21. The van der Waals surface area contributed by atoms with Crippen LogP contribution in [0.2, 0.25) is 0 Å². The minimum Gasteiger partial charge on any atom is -0.492 e. The highest BCUT2D eigenvalue weighted by Gasteiger charge is 2.48. The normalized spacial score (nSPS) is 20.0. The zero-order valence-electron chi connectivity index (χ0n) is 34.3. The lowest BCUT2D eigenvalue weighted by Crippen LogP contribution is -2.33. The first kappa shape index (κ1) is 47.2. The number of aromatic hydroxyl groups is 2. The number of carbonyl (C=O) groups excluding carboxylic acids is 1. The average Bonchev–Trinajstić information content (AvgIpc) is 3.71. The Bertz CT molecular complexity index is 2590. The van der Waals surface area contributed by atoms with Crippen LogP contribution in [0.5, 0.6) is 11.8 Å². The molecule has 0 spiro atoms. The lowest BCUT2D eigenvalue weighted by Gasteiger charge is -2.30. The van der Waals surface area contributed by atoms with E-state index in [1.165, 1.54) is 36.4 Å². The van der Waals surface area contributed by atoms with E-state index in [0.717, 1.165) is 17.1 Å². The third kappa shape index (κ3) is 10.6. The van der Waals surface area contributed by atoms with Gasteiger partial charge in [-0.15, -0.1) is 4.73 Å². The Morgan fingerprint density at radius 3 is 2.03 bits per heavy atom. The number of hydrogen-bond donors (Lipinski definition) is 5. The molecule has 2 unspecified atom stereocenters. The van der Waals surface area contributed by atoms with E-state index in [9.17, 15) is 53.9 Å². The molecule has 2 aliphatic heterocycles. The molecule has 0 saturated heterocycles. The molecule has 332 valence electrons. The summed E-state index contributed by atoms with van der Waals surface area (Å²) >= 11 is 0. The fourth-order valence-corrected chi connectivity index (χ4v) is 9.65. The molecule has 61 heavy (non-hydrogen) atoms. The lowest BCUT2D eigenvalue weighted by molar-refractivity contribution is -0.438. The molecule has 5 N–H and O–H groups in total. The Labute approximate surface area is 356 Å². The second-order valence-electron chi connectivity index (χ2n) is 15.3. The Morgan fingerprint density at radius 2 is 1.43 bits per heavy atom. The van der Waals surface area contributed by atoms with Gasteiger partial charge in [-0.05, 0) is 94.8 Å². The first-order valence-corrected chi connectivity index (χ1v) is 24.0. The summed E-state index contributed by atoms with van der Waals surface area (Å²) in [6.45, 7) is 6.96. The van der Waals surface area contributed by atoms with Gasteiger partial charge in [-0.1, -0.05) is 18.2 Å². The molecule has 0 radical (unpaired) electrons. The van der Waals surface area contributed by atoms with E-state index >= 15 is 0 Å². The summed E-state index contributed by atoms with van der Waals surface area (Å²) in [5.74, 6) is -2.01. The number of fused-ring (bicyclic) bond motifs is 2. The first-order chi connectivity index (χ1) is 28.5. The minimum atomic E-state index is -4.55. The average molecular weight is 907 g/mol. The van der Waals surface area contributed by atoms with Crippen LogP contribution in [-0.2, 0) is 50.7 Å². The third-order valence-electron chi connectivity index (χ3n) is 11.2. The van der Waals surface area contributed by atoms with Crippen molar-refractivity contribution in [2.45, 2.75) is 86.3 Å². The number of hydrogen-bond acceptors (Lipinski definition) is 12. The van der Waals surface area contributed by atoms with Gasteiger partial charge in [-0.2, -0.15) is 29.8 Å². The van der Waals surface area contributed by atoms with Crippen molar-refractivity contribution >= 4 is 53.4 Å². The molecule has 2 atom stereocenters. The van der Waals surface area contributed by atoms with E-state index in [-0.39, 0.29) is 29.1 Å². The number of nitrogens with zero attached hydrogens (tertiary/aromatic N) is 3. The lowest BCUT2D eigenvalue weighted by atomic mass is 9.76. The largest absolute Gasteiger partial charge is 0.492 e. The van der Waals surface area contributed by atoms with Crippen molar-refractivity contribution in [1.82, 2.24) is 4.73 Å². The molecule has 2 aliphatic rings. The van der Waals surface area contributed by atoms with E-state index in [4.69, 9.17) is 9.57 Å². The Morgan fingerprint density at radius 1 is 0.787 bits per heavy atom. The van der Waals surface area contributed by atoms with E-state index in [2.05, 4.69) is 4.58 Å². The van der Waals surface area contributed by atoms with E-state index in [1.807, 2.05) is 43.9 Å². The van der Waals surface area contributed by atoms with Crippen LogP contribution in [0.1, 0.15) is 76.8 Å². The molecule has 5 rings (SSSR count). The minimum absolute atomic E-state index is 0.00944. The number of aromatic nitrogens is 1. The number of likely N-dealkylation sites (N-methyl/N-ethyl adjacent to an activating group) is 1. The summed E-state index contributed by atoms with van der Waals surface area (Å²) in [7, 11) is -11.8. The van der Waals surface area contributed by atoms with Gasteiger partial charge in [-0.3, -0.25) is 13.7 Å². The predicted octanol–water partition coefficient (Wildman–Crippen LogP) is 5.46. The van der Waals surface area contributed by atoms with Crippen molar-refractivity contribution in [3.05, 3.63) is 95.7 Å².